The minimum atomic E-state index is -0.820. The zero-order chi connectivity index (χ0) is 18.2. The van der Waals surface area contributed by atoms with Crippen molar-refractivity contribution in [3.8, 4) is 5.75 Å². The van der Waals surface area contributed by atoms with E-state index in [-0.39, 0.29) is 5.69 Å². The van der Waals surface area contributed by atoms with Gasteiger partial charge in [0.05, 0.1) is 5.69 Å². The Hall–Kier alpha value is -2.41. The molecule has 7 heteroatoms. The minimum absolute atomic E-state index is 0.0110. The summed E-state index contributed by atoms with van der Waals surface area (Å²) in [5.74, 6) is -1.34. The molecule has 0 aromatic heterocycles. The number of rotatable bonds is 7. The molecule has 1 N–H and O–H groups in total. The van der Waals surface area contributed by atoms with Gasteiger partial charge in [0.15, 0.2) is 12.7 Å². The normalized spacial score (nSPS) is 11.5. The van der Waals surface area contributed by atoms with Crippen LogP contribution in [0.4, 0.5) is 10.1 Å². The number of nitrogens with one attached hydrogen (secondary N) is 1. The van der Waals surface area contributed by atoms with Crippen molar-refractivity contribution in [1.82, 2.24) is 0 Å². The molecule has 0 radical (unpaired) electrons. The highest BCUT2D eigenvalue weighted by Gasteiger charge is 2.21. The third-order valence-corrected chi connectivity index (χ3v) is 3.70. The smallest absolute Gasteiger partial charge is 0.347 e. The molecule has 0 bridgehead atoms. The molecule has 132 valence electrons. The van der Waals surface area contributed by atoms with Gasteiger partial charge in [-0.2, -0.15) is 0 Å². The lowest BCUT2D eigenvalue weighted by Gasteiger charge is -2.16. The first-order chi connectivity index (χ1) is 12.0. The van der Waals surface area contributed by atoms with Gasteiger partial charge in [-0.15, -0.1) is 0 Å². The quantitative estimate of drug-likeness (QED) is 0.703. The number of ether oxygens (including phenoxy) is 2. The number of para-hydroxylation sites is 1. The van der Waals surface area contributed by atoms with Crippen LogP contribution in [0.5, 0.6) is 5.75 Å². The molecule has 0 spiro atoms. The van der Waals surface area contributed by atoms with Crippen LogP contribution in [0.2, 0.25) is 0 Å². The average molecular weight is 410 g/mol. The van der Waals surface area contributed by atoms with Gasteiger partial charge in [0.1, 0.15) is 11.6 Å². The topological polar surface area (TPSA) is 64.6 Å². The highest BCUT2D eigenvalue weighted by molar-refractivity contribution is 9.10. The molecular formula is C18H17BrFNO4. The Morgan fingerprint density at radius 1 is 1.20 bits per heavy atom. The summed E-state index contributed by atoms with van der Waals surface area (Å²) < 4.78 is 24.7. The van der Waals surface area contributed by atoms with E-state index in [1.54, 1.807) is 37.3 Å². The Morgan fingerprint density at radius 3 is 2.56 bits per heavy atom. The van der Waals surface area contributed by atoms with Crippen molar-refractivity contribution in [1.29, 1.82) is 0 Å². The van der Waals surface area contributed by atoms with Gasteiger partial charge in [-0.25, -0.2) is 9.18 Å². The van der Waals surface area contributed by atoms with Gasteiger partial charge in [0, 0.05) is 4.47 Å². The van der Waals surface area contributed by atoms with Gasteiger partial charge in [0.2, 0.25) is 0 Å². The van der Waals surface area contributed by atoms with Gasteiger partial charge in [0.25, 0.3) is 5.91 Å². The molecular weight excluding hydrogens is 393 g/mol. The zero-order valence-electron chi connectivity index (χ0n) is 13.5. The van der Waals surface area contributed by atoms with Gasteiger partial charge < -0.3 is 14.8 Å². The maximum Gasteiger partial charge on any atom is 0.347 e. The van der Waals surface area contributed by atoms with Crippen molar-refractivity contribution in [2.24, 2.45) is 0 Å². The number of esters is 1. The summed E-state index contributed by atoms with van der Waals surface area (Å²) in [5.41, 5.74) is 0.0110. The van der Waals surface area contributed by atoms with E-state index in [2.05, 4.69) is 21.2 Å². The second-order valence-electron chi connectivity index (χ2n) is 5.11. The highest BCUT2D eigenvalue weighted by Crippen LogP contribution is 2.19. The van der Waals surface area contributed by atoms with E-state index < -0.39 is 30.4 Å². The van der Waals surface area contributed by atoms with Gasteiger partial charge in [-0.3, -0.25) is 4.79 Å². The second kappa shape index (κ2) is 9.17. The summed E-state index contributed by atoms with van der Waals surface area (Å²) in [6, 6.07) is 13.1. The van der Waals surface area contributed by atoms with Crippen molar-refractivity contribution in [2.45, 2.75) is 19.4 Å². The molecule has 0 saturated heterocycles. The van der Waals surface area contributed by atoms with Crippen LogP contribution in [-0.2, 0) is 14.3 Å². The lowest BCUT2D eigenvalue weighted by Crippen LogP contribution is -2.31. The molecule has 1 amide bonds. The summed E-state index contributed by atoms with van der Waals surface area (Å²) in [5, 5.41) is 2.35. The Bertz CT molecular complexity index is 739. The van der Waals surface area contributed by atoms with Crippen LogP contribution < -0.4 is 10.1 Å². The molecule has 25 heavy (non-hydrogen) atoms. The van der Waals surface area contributed by atoms with E-state index >= 15 is 0 Å². The Morgan fingerprint density at radius 2 is 1.92 bits per heavy atom. The Balaban J connectivity index is 1.86. The van der Waals surface area contributed by atoms with Crippen LogP contribution >= 0.6 is 15.9 Å². The van der Waals surface area contributed by atoms with E-state index in [0.717, 1.165) is 0 Å². The van der Waals surface area contributed by atoms with Crippen molar-refractivity contribution in [3.05, 3.63) is 58.8 Å². The first-order valence-corrected chi connectivity index (χ1v) is 8.42. The summed E-state index contributed by atoms with van der Waals surface area (Å²) >= 11 is 3.13. The predicted molar refractivity (Wildman–Crippen MR) is 94.8 cm³/mol. The predicted octanol–water partition coefficient (Wildman–Crippen LogP) is 3.93. The van der Waals surface area contributed by atoms with E-state index in [9.17, 15) is 14.0 Å². The number of carbonyl (C=O) groups is 2. The van der Waals surface area contributed by atoms with Crippen LogP contribution in [0.3, 0.4) is 0 Å². The minimum Gasteiger partial charge on any atom is -0.479 e. The summed E-state index contributed by atoms with van der Waals surface area (Å²) in [4.78, 5) is 23.9. The molecule has 5 nitrogen and oxygen atoms in total. The van der Waals surface area contributed by atoms with Crippen molar-refractivity contribution >= 4 is 33.5 Å². The van der Waals surface area contributed by atoms with E-state index in [1.165, 1.54) is 12.1 Å². The Labute approximate surface area is 153 Å². The Kier molecular flexibility index (Phi) is 6.94. The van der Waals surface area contributed by atoms with Crippen molar-refractivity contribution in [2.75, 3.05) is 11.9 Å². The number of amides is 1. The molecule has 2 rings (SSSR count). The molecule has 1 atom stereocenters. The van der Waals surface area contributed by atoms with E-state index in [0.29, 0.717) is 16.6 Å². The van der Waals surface area contributed by atoms with Crippen LogP contribution in [0, 0.1) is 5.82 Å². The first-order valence-electron chi connectivity index (χ1n) is 7.63. The fourth-order valence-corrected chi connectivity index (χ4v) is 2.30. The summed E-state index contributed by atoms with van der Waals surface area (Å²) in [7, 11) is 0. The van der Waals surface area contributed by atoms with Crippen LogP contribution in [0.25, 0.3) is 0 Å². The number of halogens is 2. The molecule has 0 saturated carbocycles. The molecule has 2 aromatic carbocycles. The van der Waals surface area contributed by atoms with E-state index in [4.69, 9.17) is 9.47 Å². The van der Waals surface area contributed by atoms with Crippen LogP contribution in [0.1, 0.15) is 13.3 Å². The van der Waals surface area contributed by atoms with Crippen LogP contribution in [0.15, 0.2) is 53.0 Å². The maximum atomic E-state index is 13.7. The standard InChI is InChI=1S/C18H17BrFNO4/c1-2-16(25-13-6-4-3-5-7-13)18(23)24-11-17(22)21-15-9-8-12(19)10-14(15)20/h3-10,16H,2,11H2,1H3,(H,21,22)/t16-/m0/s1. The number of carbonyl (C=O) groups excluding carboxylic acids is 2. The van der Waals surface area contributed by atoms with Crippen molar-refractivity contribution in [3.63, 3.8) is 0 Å². The second-order valence-corrected chi connectivity index (χ2v) is 6.02. The fourth-order valence-electron chi connectivity index (χ4n) is 1.97. The molecule has 0 aliphatic rings. The largest absolute Gasteiger partial charge is 0.479 e. The van der Waals surface area contributed by atoms with Gasteiger partial charge in [-0.1, -0.05) is 41.1 Å². The van der Waals surface area contributed by atoms with Gasteiger partial charge in [-0.05, 0) is 36.8 Å². The van der Waals surface area contributed by atoms with Gasteiger partial charge >= 0.3 is 5.97 Å². The summed E-state index contributed by atoms with van der Waals surface area (Å²) in [6.07, 6.45) is -0.434. The number of hydrogen-bond acceptors (Lipinski definition) is 4. The number of hydrogen-bond donors (Lipinski definition) is 1. The third kappa shape index (κ3) is 5.86. The first kappa shape index (κ1) is 18.9. The lowest BCUT2D eigenvalue weighted by atomic mass is 10.2. The molecule has 0 unspecified atom stereocenters. The third-order valence-electron chi connectivity index (χ3n) is 3.21. The molecule has 0 aliphatic heterocycles. The van der Waals surface area contributed by atoms with E-state index in [1.807, 2.05) is 6.07 Å². The maximum absolute atomic E-state index is 13.7. The zero-order valence-corrected chi connectivity index (χ0v) is 15.1. The molecule has 0 fully saturated rings. The number of anilines is 1. The monoisotopic (exact) mass is 409 g/mol. The SMILES string of the molecule is CC[C@H](Oc1ccccc1)C(=O)OCC(=O)Nc1ccc(Br)cc1F. The highest BCUT2D eigenvalue weighted by atomic mass is 79.9. The molecule has 0 heterocycles. The molecule has 0 aliphatic carbocycles. The van der Waals surface area contributed by atoms with Crippen molar-refractivity contribution < 1.29 is 23.5 Å². The number of benzene rings is 2. The average Bonchev–Trinajstić information content (AvgIpc) is 2.61. The van der Waals surface area contributed by atoms with Crippen LogP contribution in [-0.4, -0.2) is 24.6 Å². The fraction of sp³-hybridized carbons (Fsp3) is 0.222. The summed E-state index contributed by atoms with van der Waals surface area (Å²) in [6.45, 7) is 1.25. The molecule has 2 aromatic rings. The lowest BCUT2D eigenvalue weighted by molar-refractivity contribution is -0.154.